The number of carboxylic acids is 1. The first kappa shape index (κ1) is 26.0. The maximum Gasteiger partial charge on any atom is 0.335 e. The van der Waals surface area contributed by atoms with Gasteiger partial charge in [-0.15, -0.1) is 0 Å². The zero-order chi connectivity index (χ0) is 29.1. The number of aromatic carboxylic acids is 1. The monoisotopic (exact) mass is 606 g/mol. The van der Waals surface area contributed by atoms with E-state index < -0.39 is 29.3 Å². The molecule has 0 radical (unpaired) electrons. The number of carbonyl (C=O) groups excluding carboxylic acids is 1. The number of halogens is 3. The van der Waals surface area contributed by atoms with Gasteiger partial charge in [-0.05, 0) is 67.1 Å². The summed E-state index contributed by atoms with van der Waals surface area (Å²) >= 11 is 12.7. The Labute approximate surface area is 250 Å². The number of hydrogen-bond donors (Lipinski definition) is 2. The number of nitrogens with zero attached hydrogens (tertiary/aromatic N) is 3. The summed E-state index contributed by atoms with van der Waals surface area (Å²) in [5, 5.41) is 18.8. The Balaban J connectivity index is 1.44. The molecule has 42 heavy (non-hydrogen) atoms. The van der Waals surface area contributed by atoms with Crippen LogP contribution in [0.4, 0.5) is 10.1 Å². The molecule has 0 unspecified atom stereocenters. The van der Waals surface area contributed by atoms with Crippen LogP contribution in [0, 0.1) is 18.7 Å². The Morgan fingerprint density at radius 1 is 1.21 bits per heavy atom. The third-order valence-electron chi connectivity index (χ3n) is 9.39. The molecule has 11 heteroatoms. The summed E-state index contributed by atoms with van der Waals surface area (Å²) in [4.78, 5) is 28.6. The molecule has 1 spiro atoms. The SMILES string of the molecule is Cc1cc2nn3c(c2cc1C(=O)O)OC[C@H]1[C@@H]3[C@H](c2cccc(Cl)c2F)[C@]2(C(=O)Nc3cc(Cl)ccc32)N1CC1CC1. The van der Waals surface area contributed by atoms with Gasteiger partial charge < -0.3 is 15.2 Å². The maximum absolute atomic E-state index is 16.2. The zero-order valence-corrected chi connectivity index (χ0v) is 23.9. The van der Waals surface area contributed by atoms with Crippen LogP contribution in [0.3, 0.4) is 0 Å². The molecule has 3 aliphatic heterocycles. The standard InChI is InChI=1S/C31H25Cl2FN4O4/c1-14-9-22-19(11-18(14)29(39)40)28-38(36-22)27-24(13-42-28)37(12-15-5-6-15)31(25(27)17-3-2-4-21(33)26(17)34)20-8-7-16(32)10-23(20)35-30(31)41/h2-4,7-11,15,24-25,27H,5-6,12-13H2,1H3,(H,35,41)(H,39,40)/t24-,25-,27+,31+/m0/s1. The lowest BCUT2D eigenvalue weighted by atomic mass is 9.73. The van der Waals surface area contributed by atoms with Crippen molar-refractivity contribution in [3.8, 4) is 5.88 Å². The van der Waals surface area contributed by atoms with Crippen LogP contribution in [0.15, 0.2) is 48.5 Å². The Hall–Kier alpha value is -3.66. The Bertz CT molecular complexity index is 1860. The average molecular weight is 607 g/mol. The summed E-state index contributed by atoms with van der Waals surface area (Å²) in [7, 11) is 0. The summed E-state index contributed by atoms with van der Waals surface area (Å²) in [6.45, 7) is 2.56. The molecule has 0 bridgehead atoms. The van der Waals surface area contributed by atoms with Gasteiger partial charge in [-0.2, -0.15) is 5.10 Å². The number of nitrogens with one attached hydrogen (secondary N) is 1. The molecule has 4 aromatic rings. The summed E-state index contributed by atoms with van der Waals surface area (Å²) in [6, 6.07) is 12.7. The Kier molecular flexibility index (Phi) is 5.52. The highest BCUT2D eigenvalue weighted by molar-refractivity contribution is 6.31. The van der Waals surface area contributed by atoms with Crippen LogP contribution in [0.1, 0.15) is 51.8 Å². The minimum Gasteiger partial charge on any atom is -0.478 e. The highest BCUT2D eigenvalue weighted by Gasteiger charge is 2.69. The smallest absolute Gasteiger partial charge is 0.335 e. The second-order valence-corrected chi connectivity index (χ2v) is 12.6. The highest BCUT2D eigenvalue weighted by atomic mass is 35.5. The minimum absolute atomic E-state index is 0.0331. The Morgan fingerprint density at radius 2 is 2.02 bits per heavy atom. The fraction of sp³-hybridized carbons (Fsp3) is 0.323. The van der Waals surface area contributed by atoms with Crippen molar-refractivity contribution in [3.63, 3.8) is 0 Å². The summed E-state index contributed by atoms with van der Waals surface area (Å²) in [5.41, 5.74) is 1.61. The molecule has 8 rings (SSSR count). The van der Waals surface area contributed by atoms with Crippen LogP contribution >= 0.6 is 23.2 Å². The lowest BCUT2D eigenvalue weighted by Crippen LogP contribution is -2.54. The quantitative estimate of drug-likeness (QED) is 0.289. The van der Waals surface area contributed by atoms with Crippen molar-refractivity contribution in [2.75, 3.05) is 18.5 Å². The van der Waals surface area contributed by atoms with Gasteiger partial charge in [0.1, 0.15) is 18.0 Å². The minimum atomic E-state index is -1.30. The second-order valence-electron chi connectivity index (χ2n) is 11.7. The molecule has 1 saturated heterocycles. The molecular formula is C31H25Cl2FN4O4. The molecule has 4 heterocycles. The number of fused-ring (bicyclic) bond motifs is 7. The molecule has 2 fully saturated rings. The number of anilines is 1. The van der Waals surface area contributed by atoms with E-state index in [0.717, 1.165) is 18.4 Å². The molecule has 4 atom stereocenters. The van der Waals surface area contributed by atoms with E-state index in [1.54, 1.807) is 48.0 Å². The van der Waals surface area contributed by atoms with Crippen molar-refractivity contribution in [1.29, 1.82) is 0 Å². The maximum atomic E-state index is 16.2. The number of ether oxygens (including phenoxy) is 1. The molecule has 1 aromatic heterocycles. The van der Waals surface area contributed by atoms with Gasteiger partial charge in [0, 0.05) is 28.7 Å². The van der Waals surface area contributed by atoms with E-state index in [0.29, 0.717) is 51.1 Å². The van der Waals surface area contributed by atoms with Crippen LogP contribution in [-0.4, -0.2) is 50.9 Å². The number of rotatable bonds is 4. The van der Waals surface area contributed by atoms with Crippen LogP contribution < -0.4 is 10.1 Å². The first-order valence-corrected chi connectivity index (χ1v) is 14.7. The average Bonchev–Trinajstić information content (AvgIpc) is 3.55. The van der Waals surface area contributed by atoms with E-state index in [-0.39, 0.29) is 29.1 Å². The number of likely N-dealkylation sites (tertiary alicyclic amines) is 1. The number of carbonyl (C=O) groups is 2. The van der Waals surface area contributed by atoms with Gasteiger partial charge in [-0.1, -0.05) is 41.4 Å². The fourth-order valence-electron chi connectivity index (χ4n) is 7.47. The van der Waals surface area contributed by atoms with Crippen molar-refractivity contribution in [3.05, 3.63) is 86.6 Å². The molecule has 1 saturated carbocycles. The summed E-state index contributed by atoms with van der Waals surface area (Å²) in [6.07, 6.45) is 2.09. The van der Waals surface area contributed by atoms with Gasteiger partial charge >= 0.3 is 5.97 Å². The van der Waals surface area contributed by atoms with E-state index in [1.165, 1.54) is 6.07 Å². The van der Waals surface area contributed by atoms with Crippen LogP contribution in [0.2, 0.25) is 10.0 Å². The molecule has 3 aromatic carbocycles. The van der Waals surface area contributed by atoms with Crippen LogP contribution in [0.25, 0.3) is 10.9 Å². The molecule has 1 amide bonds. The summed E-state index contributed by atoms with van der Waals surface area (Å²) < 4.78 is 24.3. The van der Waals surface area contributed by atoms with E-state index in [2.05, 4.69) is 10.2 Å². The number of hydrogen-bond acceptors (Lipinski definition) is 5. The van der Waals surface area contributed by atoms with Gasteiger partial charge in [0.05, 0.1) is 33.6 Å². The third kappa shape index (κ3) is 3.41. The molecular weight excluding hydrogens is 582 g/mol. The normalized spacial score (nSPS) is 26.2. The molecule has 1 aliphatic carbocycles. The third-order valence-corrected chi connectivity index (χ3v) is 9.92. The highest BCUT2D eigenvalue weighted by Crippen LogP contribution is 2.63. The predicted molar refractivity (Wildman–Crippen MR) is 155 cm³/mol. The van der Waals surface area contributed by atoms with Crippen molar-refractivity contribution < 1.29 is 23.8 Å². The predicted octanol–water partition coefficient (Wildman–Crippen LogP) is 6.15. The van der Waals surface area contributed by atoms with Crippen molar-refractivity contribution in [1.82, 2.24) is 14.7 Å². The molecule has 214 valence electrons. The van der Waals surface area contributed by atoms with E-state index in [9.17, 15) is 14.7 Å². The topological polar surface area (TPSA) is 96.7 Å². The number of amides is 1. The largest absolute Gasteiger partial charge is 0.478 e. The van der Waals surface area contributed by atoms with Gasteiger partial charge in [-0.25, -0.2) is 13.9 Å². The van der Waals surface area contributed by atoms with Crippen molar-refractivity contribution >= 4 is 51.7 Å². The van der Waals surface area contributed by atoms with Gasteiger partial charge in [-0.3, -0.25) is 9.69 Å². The zero-order valence-electron chi connectivity index (χ0n) is 22.4. The molecule has 2 N–H and O–H groups in total. The van der Waals surface area contributed by atoms with E-state index >= 15 is 4.39 Å². The lowest BCUT2D eigenvalue weighted by Gasteiger charge is -2.39. The molecule has 8 nitrogen and oxygen atoms in total. The van der Waals surface area contributed by atoms with Crippen LogP contribution in [-0.2, 0) is 10.3 Å². The van der Waals surface area contributed by atoms with Crippen molar-refractivity contribution in [2.24, 2.45) is 5.92 Å². The summed E-state index contributed by atoms with van der Waals surface area (Å²) in [5.74, 6) is -1.84. The van der Waals surface area contributed by atoms with Crippen molar-refractivity contribution in [2.45, 2.75) is 43.3 Å². The number of carboxylic acid groups (broad SMARTS) is 1. The number of benzene rings is 3. The number of aryl methyl sites for hydroxylation is 1. The Morgan fingerprint density at radius 3 is 2.79 bits per heavy atom. The van der Waals surface area contributed by atoms with E-state index in [1.807, 2.05) is 6.07 Å². The first-order chi connectivity index (χ1) is 20.2. The van der Waals surface area contributed by atoms with E-state index in [4.69, 9.17) is 33.0 Å². The number of aromatic nitrogens is 2. The second kappa shape index (κ2) is 8.92. The lowest BCUT2D eigenvalue weighted by molar-refractivity contribution is -0.128. The fourth-order valence-corrected chi connectivity index (χ4v) is 7.83. The van der Waals surface area contributed by atoms with Gasteiger partial charge in [0.15, 0.2) is 0 Å². The van der Waals surface area contributed by atoms with Gasteiger partial charge in [0.2, 0.25) is 11.8 Å². The first-order valence-electron chi connectivity index (χ1n) is 13.9. The van der Waals surface area contributed by atoms with Gasteiger partial charge in [0.25, 0.3) is 0 Å². The molecule has 4 aliphatic rings. The van der Waals surface area contributed by atoms with Crippen LogP contribution in [0.5, 0.6) is 5.88 Å².